The molecule has 0 bridgehead atoms. The van der Waals surface area contributed by atoms with Crippen molar-refractivity contribution in [3.63, 3.8) is 0 Å². The number of nitrogens with zero attached hydrogens (tertiary/aromatic N) is 2. The number of carboxylic acid groups (broad SMARTS) is 1. The van der Waals surface area contributed by atoms with E-state index in [4.69, 9.17) is 5.11 Å². The molecule has 2 aromatic rings. The van der Waals surface area contributed by atoms with Gasteiger partial charge in [-0.2, -0.15) is 0 Å². The lowest BCUT2D eigenvalue weighted by Gasteiger charge is -2.16. The summed E-state index contributed by atoms with van der Waals surface area (Å²) in [6.07, 6.45) is 0. The highest BCUT2D eigenvalue weighted by Gasteiger charge is 2.23. The average Bonchev–Trinajstić information content (AvgIpc) is 2.55. The van der Waals surface area contributed by atoms with Crippen molar-refractivity contribution in [3.05, 3.63) is 29.6 Å². The monoisotopic (exact) mass is 234 g/mol. The number of hydrogen-bond acceptors (Lipinski definition) is 3. The highest BCUT2D eigenvalue weighted by atomic mass is 16.4. The third-order valence-corrected chi connectivity index (χ3v) is 2.67. The first-order valence-electron chi connectivity index (χ1n) is 5.23. The Labute approximate surface area is 98.3 Å². The van der Waals surface area contributed by atoms with E-state index in [0.717, 1.165) is 5.52 Å². The number of aromatic nitrogens is 2. The molecular weight excluding hydrogens is 220 g/mol. The normalized spacial score (nSPS) is 12.0. The van der Waals surface area contributed by atoms with E-state index in [0.29, 0.717) is 11.3 Å². The summed E-state index contributed by atoms with van der Waals surface area (Å²) in [5, 5.41) is 18.8. The number of aryl methyl sites for hydroxylation is 1. The molecule has 0 radical (unpaired) electrons. The highest BCUT2D eigenvalue weighted by molar-refractivity contribution is 5.92. The molecular formula is C12H14N2O3. The maximum absolute atomic E-state index is 10.8. The SMILES string of the molecule is Cn1c(C(C)(C)O)nc2cc(C(=O)O)ccc21. The Balaban J connectivity index is 2.70. The molecule has 0 aliphatic rings. The maximum atomic E-state index is 10.8. The minimum Gasteiger partial charge on any atom is -0.478 e. The summed E-state index contributed by atoms with van der Waals surface area (Å²) < 4.78 is 1.76. The van der Waals surface area contributed by atoms with Crippen molar-refractivity contribution >= 4 is 17.0 Å². The molecule has 1 aromatic heterocycles. The number of fused-ring (bicyclic) bond motifs is 1. The van der Waals surface area contributed by atoms with Crippen LogP contribution in [0.4, 0.5) is 0 Å². The van der Waals surface area contributed by atoms with Crippen molar-refractivity contribution in [1.82, 2.24) is 9.55 Å². The smallest absolute Gasteiger partial charge is 0.335 e. The molecule has 0 aliphatic carbocycles. The molecule has 0 atom stereocenters. The number of carboxylic acids is 1. The van der Waals surface area contributed by atoms with Gasteiger partial charge in [-0.3, -0.25) is 0 Å². The van der Waals surface area contributed by atoms with Crippen LogP contribution in [0.3, 0.4) is 0 Å². The molecule has 5 heteroatoms. The van der Waals surface area contributed by atoms with Gasteiger partial charge in [-0.15, -0.1) is 0 Å². The fraction of sp³-hybridized carbons (Fsp3) is 0.333. The Kier molecular flexibility index (Phi) is 2.43. The topological polar surface area (TPSA) is 75.3 Å². The highest BCUT2D eigenvalue weighted by Crippen LogP contribution is 2.24. The number of benzene rings is 1. The van der Waals surface area contributed by atoms with Gasteiger partial charge >= 0.3 is 5.97 Å². The molecule has 5 nitrogen and oxygen atoms in total. The molecule has 1 heterocycles. The van der Waals surface area contributed by atoms with Gasteiger partial charge in [0.25, 0.3) is 0 Å². The van der Waals surface area contributed by atoms with Crippen molar-refractivity contribution < 1.29 is 15.0 Å². The summed E-state index contributed by atoms with van der Waals surface area (Å²) in [5.41, 5.74) is 0.506. The largest absolute Gasteiger partial charge is 0.478 e. The quantitative estimate of drug-likeness (QED) is 0.825. The summed E-state index contributed by atoms with van der Waals surface area (Å²) in [5.74, 6) is -0.475. The molecule has 0 unspecified atom stereocenters. The number of rotatable bonds is 2. The van der Waals surface area contributed by atoms with Crippen LogP contribution in [0.1, 0.15) is 30.0 Å². The Hall–Kier alpha value is -1.88. The Morgan fingerprint density at radius 1 is 1.41 bits per heavy atom. The van der Waals surface area contributed by atoms with Crippen LogP contribution in [-0.4, -0.2) is 25.7 Å². The number of imidazole rings is 1. The van der Waals surface area contributed by atoms with Crippen LogP contribution in [0.2, 0.25) is 0 Å². The molecule has 0 amide bonds. The van der Waals surface area contributed by atoms with Crippen LogP contribution >= 0.6 is 0 Å². The van der Waals surface area contributed by atoms with Crippen molar-refractivity contribution in [2.75, 3.05) is 0 Å². The van der Waals surface area contributed by atoms with Crippen LogP contribution in [0, 0.1) is 0 Å². The van der Waals surface area contributed by atoms with Crippen LogP contribution < -0.4 is 0 Å². The van der Waals surface area contributed by atoms with Crippen molar-refractivity contribution in [2.24, 2.45) is 7.05 Å². The van der Waals surface area contributed by atoms with E-state index in [2.05, 4.69) is 4.98 Å². The molecule has 0 fully saturated rings. The molecule has 17 heavy (non-hydrogen) atoms. The number of aliphatic hydroxyl groups is 1. The second-order valence-corrected chi connectivity index (χ2v) is 4.56. The summed E-state index contributed by atoms with van der Waals surface area (Å²) in [6.45, 7) is 3.29. The van der Waals surface area contributed by atoms with Crippen LogP contribution in [0.5, 0.6) is 0 Å². The van der Waals surface area contributed by atoms with Crippen molar-refractivity contribution in [2.45, 2.75) is 19.4 Å². The fourth-order valence-electron chi connectivity index (χ4n) is 1.88. The second-order valence-electron chi connectivity index (χ2n) is 4.56. The first-order chi connectivity index (χ1) is 7.80. The zero-order valence-electron chi connectivity index (χ0n) is 9.93. The number of aromatic carboxylic acids is 1. The zero-order chi connectivity index (χ0) is 12.8. The van der Waals surface area contributed by atoms with Gasteiger partial charge in [0.1, 0.15) is 11.4 Å². The lowest BCUT2D eigenvalue weighted by Crippen LogP contribution is -2.20. The third kappa shape index (κ3) is 1.89. The Morgan fingerprint density at radius 2 is 2.06 bits per heavy atom. The predicted octanol–water partition coefficient (Wildman–Crippen LogP) is 1.50. The molecule has 1 aromatic carbocycles. The number of carbonyl (C=O) groups is 1. The molecule has 90 valence electrons. The van der Waals surface area contributed by atoms with E-state index in [1.807, 2.05) is 0 Å². The summed E-state index contributed by atoms with van der Waals surface area (Å²) in [7, 11) is 1.79. The Morgan fingerprint density at radius 3 is 2.59 bits per heavy atom. The van der Waals surface area contributed by atoms with Crippen LogP contribution in [0.25, 0.3) is 11.0 Å². The van der Waals surface area contributed by atoms with E-state index < -0.39 is 11.6 Å². The van der Waals surface area contributed by atoms with Crippen LogP contribution in [0.15, 0.2) is 18.2 Å². The zero-order valence-corrected chi connectivity index (χ0v) is 9.93. The molecule has 0 saturated heterocycles. The van der Waals surface area contributed by atoms with E-state index in [1.54, 1.807) is 31.5 Å². The Bertz CT molecular complexity index is 594. The number of hydrogen-bond donors (Lipinski definition) is 2. The molecule has 2 rings (SSSR count). The standard InChI is InChI=1S/C12H14N2O3/c1-12(2,17)11-13-8-6-7(10(15)16)4-5-9(8)14(11)3/h4-6,17H,1-3H3,(H,15,16). The maximum Gasteiger partial charge on any atom is 0.335 e. The van der Waals surface area contributed by atoms with E-state index >= 15 is 0 Å². The van der Waals surface area contributed by atoms with Crippen molar-refractivity contribution in [1.29, 1.82) is 0 Å². The van der Waals surface area contributed by atoms with Gasteiger partial charge in [-0.05, 0) is 32.0 Å². The minimum atomic E-state index is -1.06. The van der Waals surface area contributed by atoms with Gasteiger partial charge < -0.3 is 14.8 Å². The summed E-state index contributed by atoms with van der Waals surface area (Å²) in [4.78, 5) is 15.1. The average molecular weight is 234 g/mol. The van der Waals surface area contributed by atoms with E-state index in [1.165, 1.54) is 12.1 Å². The van der Waals surface area contributed by atoms with Gasteiger partial charge in [-0.25, -0.2) is 9.78 Å². The first kappa shape index (κ1) is 11.6. The van der Waals surface area contributed by atoms with Gasteiger partial charge in [0.2, 0.25) is 0 Å². The second kappa shape index (κ2) is 3.56. The minimum absolute atomic E-state index is 0.192. The van der Waals surface area contributed by atoms with Gasteiger partial charge in [-0.1, -0.05) is 0 Å². The molecule has 0 spiro atoms. The van der Waals surface area contributed by atoms with Crippen molar-refractivity contribution in [3.8, 4) is 0 Å². The van der Waals surface area contributed by atoms with Crippen LogP contribution in [-0.2, 0) is 12.6 Å². The lowest BCUT2D eigenvalue weighted by atomic mass is 10.1. The first-order valence-corrected chi connectivity index (χ1v) is 5.23. The summed E-state index contributed by atoms with van der Waals surface area (Å²) >= 11 is 0. The van der Waals surface area contributed by atoms with E-state index in [9.17, 15) is 9.90 Å². The van der Waals surface area contributed by atoms with E-state index in [-0.39, 0.29) is 5.56 Å². The third-order valence-electron chi connectivity index (χ3n) is 2.67. The van der Waals surface area contributed by atoms with Gasteiger partial charge in [0, 0.05) is 7.05 Å². The molecule has 0 aliphatic heterocycles. The van der Waals surface area contributed by atoms with Gasteiger partial charge in [0.15, 0.2) is 0 Å². The van der Waals surface area contributed by atoms with Gasteiger partial charge in [0.05, 0.1) is 16.6 Å². The molecule has 2 N–H and O–H groups in total. The molecule has 0 saturated carbocycles. The fourth-order valence-corrected chi connectivity index (χ4v) is 1.88. The predicted molar refractivity (Wildman–Crippen MR) is 62.9 cm³/mol. The summed E-state index contributed by atoms with van der Waals surface area (Å²) in [6, 6.07) is 4.73. The lowest BCUT2D eigenvalue weighted by molar-refractivity contribution is 0.0662.